The number of aliphatic imine (C=N–C) groups is 1. The fourth-order valence-electron chi connectivity index (χ4n) is 4.73. The van der Waals surface area contributed by atoms with Gasteiger partial charge in [0.15, 0.2) is 5.96 Å². The molecule has 0 bridgehead atoms. The Balaban J connectivity index is 0.00000300. The molecule has 0 radical (unpaired) electrons. The van der Waals surface area contributed by atoms with Crippen LogP contribution < -0.4 is 16.0 Å². The SMILES string of the molecule is CCNC(=NCCN1CCCC(C)C1)N1CCC(C2(C)NC(=O)NC2=O)CC1.I. The van der Waals surface area contributed by atoms with E-state index in [9.17, 15) is 9.59 Å². The molecule has 3 amide bonds. The molecule has 0 aliphatic carbocycles. The molecule has 0 aromatic carbocycles. The third-order valence-corrected chi connectivity index (χ3v) is 6.44. The van der Waals surface area contributed by atoms with E-state index in [-0.39, 0.29) is 41.8 Å². The van der Waals surface area contributed by atoms with Crippen molar-refractivity contribution in [2.75, 3.05) is 45.8 Å². The van der Waals surface area contributed by atoms with Crippen LogP contribution in [0.3, 0.4) is 0 Å². The standard InChI is InChI=1S/C20H36N6O2.HI/c1-4-21-18(22-9-13-25-10-5-6-15(2)14-25)26-11-7-16(8-12-26)20(3)17(27)23-19(28)24-20;/h15-16H,4-14H2,1-3H3,(H,21,22)(H2,23,24,27,28);1H. The molecule has 0 aromatic rings. The zero-order valence-electron chi connectivity index (χ0n) is 18.0. The number of amides is 3. The summed E-state index contributed by atoms with van der Waals surface area (Å²) in [6.45, 7) is 13.0. The van der Waals surface area contributed by atoms with Gasteiger partial charge in [-0.15, -0.1) is 24.0 Å². The summed E-state index contributed by atoms with van der Waals surface area (Å²) in [7, 11) is 0. The number of rotatable bonds is 5. The highest BCUT2D eigenvalue weighted by atomic mass is 127. The Labute approximate surface area is 191 Å². The monoisotopic (exact) mass is 520 g/mol. The van der Waals surface area contributed by atoms with Crippen molar-refractivity contribution in [3.8, 4) is 0 Å². The molecule has 3 aliphatic heterocycles. The highest BCUT2D eigenvalue weighted by Crippen LogP contribution is 2.30. The van der Waals surface area contributed by atoms with E-state index in [1.165, 1.54) is 25.9 Å². The van der Waals surface area contributed by atoms with E-state index in [1.54, 1.807) is 0 Å². The lowest BCUT2D eigenvalue weighted by Crippen LogP contribution is -2.55. The summed E-state index contributed by atoms with van der Waals surface area (Å²) in [5.41, 5.74) is -0.788. The van der Waals surface area contributed by atoms with Gasteiger partial charge >= 0.3 is 6.03 Å². The lowest BCUT2D eigenvalue weighted by atomic mass is 9.79. The molecular formula is C20H37IN6O2. The molecule has 166 valence electrons. The summed E-state index contributed by atoms with van der Waals surface area (Å²) in [4.78, 5) is 33.4. The summed E-state index contributed by atoms with van der Waals surface area (Å²) in [5, 5.41) is 8.62. The fraction of sp³-hybridized carbons (Fsp3) is 0.850. The number of likely N-dealkylation sites (tertiary alicyclic amines) is 2. The number of nitrogens with zero attached hydrogens (tertiary/aromatic N) is 3. The van der Waals surface area contributed by atoms with E-state index in [0.29, 0.717) is 0 Å². The van der Waals surface area contributed by atoms with Gasteiger partial charge < -0.3 is 20.4 Å². The zero-order valence-corrected chi connectivity index (χ0v) is 20.3. The predicted octanol–water partition coefficient (Wildman–Crippen LogP) is 1.61. The van der Waals surface area contributed by atoms with Crippen LogP contribution in [0.1, 0.15) is 46.5 Å². The van der Waals surface area contributed by atoms with Crippen molar-refractivity contribution in [2.24, 2.45) is 16.8 Å². The minimum atomic E-state index is -0.788. The molecule has 0 spiro atoms. The third kappa shape index (κ3) is 5.96. The normalized spacial score (nSPS) is 29.3. The molecule has 3 heterocycles. The molecule has 3 fully saturated rings. The van der Waals surface area contributed by atoms with E-state index < -0.39 is 5.54 Å². The smallest absolute Gasteiger partial charge is 0.322 e. The van der Waals surface area contributed by atoms with Gasteiger partial charge in [0.25, 0.3) is 5.91 Å². The van der Waals surface area contributed by atoms with Gasteiger partial charge in [-0.3, -0.25) is 15.1 Å². The second-order valence-corrected chi connectivity index (χ2v) is 8.66. The van der Waals surface area contributed by atoms with Crippen LogP contribution in [0, 0.1) is 11.8 Å². The van der Waals surface area contributed by atoms with Crippen LogP contribution in [0.5, 0.6) is 0 Å². The first-order chi connectivity index (χ1) is 13.4. The van der Waals surface area contributed by atoms with Gasteiger partial charge in [0.2, 0.25) is 0 Å². The molecule has 2 atom stereocenters. The number of guanidine groups is 1. The van der Waals surface area contributed by atoms with E-state index in [1.807, 2.05) is 6.92 Å². The lowest BCUT2D eigenvalue weighted by molar-refractivity contribution is -0.125. The topological polar surface area (TPSA) is 89.1 Å². The summed E-state index contributed by atoms with van der Waals surface area (Å²) in [6, 6.07) is -0.378. The van der Waals surface area contributed by atoms with Crippen LogP contribution in [0.25, 0.3) is 0 Å². The Kier molecular flexibility index (Phi) is 8.99. The third-order valence-electron chi connectivity index (χ3n) is 6.44. The number of urea groups is 1. The lowest BCUT2D eigenvalue weighted by Gasteiger charge is -2.39. The molecule has 3 saturated heterocycles. The number of carbonyl (C=O) groups is 2. The minimum absolute atomic E-state index is 0. The van der Waals surface area contributed by atoms with Crippen LogP contribution in [-0.2, 0) is 4.79 Å². The van der Waals surface area contributed by atoms with Gasteiger partial charge in [0, 0.05) is 32.7 Å². The van der Waals surface area contributed by atoms with E-state index >= 15 is 0 Å². The van der Waals surface area contributed by atoms with Crippen molar-refractivity contribution < 1.29 is 9.59 Å². The largest absolute Gasteiger partial charge is 0.357 e. The van der Waals surface area contributed by atoms with E-state index in [0.717, 1.165) is 57.4 Å². The highest BCUT2D eigenvalue weighted by Gasteiger charge is 2.48. The molecule has 2 unspecified atom stereocenters. The first-order valence-corrected chi connectivity index (χ1v) is 10.8. The average molecular weight is 520 g/mol. The first-order valence-electron chi connectivity index (χ1n) is 10.8. The Morgan fingerprint density at radius 3 is 2.55 bits per heavy atom. The summed E-state index contributed by atoms with van der Waals surface area (Å²) >= 11 is 0. The van der Waals surface area contributed by atoms with Gasteiger partial charge in [0.1, 0.15) is 5.54 Å². The van der Waals surface area contributed by atoms with Crippen LogP contribution in [-0.4, -0.2) is 79.0 Å². The molecule has 3 rings (SSSR count). The molecule has 0 saturated carbocycles. The number of halogens is 1. The van der Waals surface area contributed by atoms with Gasteiger partial charge in [-0.05, 0) is 57.9 Å². The van der Waals surface area contributed by atoms with Crippen molar-refractivity contribution in [1.82, 2.24) is 25.8 Å². The minimum Gasteiger partial charge on any atom is -0.357 e. The number of piperidine rings is 2. The molecule has 3 aliphatic rings. The first kappa shape index (κ1) is 24.2. The Morgan fingerprint density at radius 2 is 1.97 bits per heavy atom. The van der Waals surface area contributed by atoms with Crippen molar-refractivity contribution in [3.05, 3.63) is 0 Å². The van der Waals surface area contributed by atoms with Crippen LogP contribution in [0.15, 0.2) is 4.99 Å². The predicted molar refractivity (Wildman–Crippen MR) is 126 cm³/mol. The fourth-order valence-corrected chi connectivity index (χ4v) is 4.73. The maximum atomic E-state index is 12.2. The Morgan fingerprint density at radius 1 is 1.24 bits per heavy atom. The van der Waals surface area contributed by atoms with Crippen molar-refractivity contribution >= 4 is 41.9 Å². The van der Waals surface area contributed by atoms with Gasteiger partial charge in [-0.25, -0.2) is 4.79 Å². The summed E-state index contributed by atoms with van der Waals surface area (Å²) < 4.78 is 0. The van der Waals surface area contributed by atoms with Crippen molar-refractivity contribution in [1.29, 1.82) is 0 Å². The quantitative estimate of drug-likeness (QED) is 0.222. The van der Waals surface area contributed by atoms with Crippen LogP contribution in [0.2, 0.25) is 0 Å². The maximum absolute atomic E-state index is 12.2. The number of hydrogen-bond acceptors (Lipinski definition) is 4. The number of hydrogen-bond donors (Lipinski definition) is 3. The molecule has 29 heavy (non-hydrogen) atoms. The second-order valence-electron chi connectivity index (χ2n) is 8.66. The molecule has 8 nitrogen and oxygen atoms in total. The maximum Gasteiger partial charge on any atom is 0.322 e. The number of nitrogens with one attached hydrogen (secondary N) is 3. The van der Waals surface area contributed by atoms with Crippen LogP contribution >= 0.6 is 24.0 Å². The number of carbonyl (C=O) groups excluding carboxylic acids is 2. The van der Waals surface area contributed by atoms with Gasteiger partial charge in [-0.2, -0.15) is 0 Å². The van der Waals surface area contributed by atoms with E-state index in [2.05, 4.69) is 39.6 Å². The second kappa shape index (κ2) is 10.8. The van der Waals surface area contributed by atoms with Crippen molar-refractivity contribution in [3.63, 3.8) is 0 Å². The van der Waals surface area contributed by atoms with E-state index in [4.69, 9.17) is 4.99 Å². The molecule has 0 aromatic heterocycles. The van der Waals surface area contributed by atoms with Crippen molar-refractivity contribution in [2.45, 2.75) is 52.0 Å². The molecular weight excluding hydrogens is 483 g/mol. The highest BCUT2D eigenvalue weighted by molar-refractivity contribution is 14.0. The van der Waals surface area contributed by atoms with Crippen LogP contribution in [0.4, 0.5) is 4.79 Å². The van der Waals surface area contributed by atoms with Gasteiger partial charge in [0.05, 0.1) is 6.54 Å². The average Bonchev–Trinajstić information content (AvgIpc) is 2.94. The number of imide groups is 1. The Hall–Kier alpha value is -1.10. The molecule has 3 N–H and O–H groups in total. The summed E-state index contributed by atoms with van der Waals surface area (Å²) in [5.74, 6) is 1.70. The zero-order chi connectivity index (χ0) is 20.1. The van der Waals surface area contributed by atoms with Gasteiger partial charge in [-0.1, -0.05) is 6.92 Å². The Bertz CT molecular complexity index is 608. The summed E-state index contributed by atoms with van der Waals surface area (Å²) in [6.07, 6.45) is 4.35. The molecule has 9 heteroatoms.